The van der Waals surface area contributed by atoms with Crippen LogP contribution in [0.25, 0.3) is 0 Å². The van der Waals surface area contributed by atoms with Gasteiger partial charge in [-0.1, -0.05) is 29.2 Å². The lowest BCUT2D eigenvalue weighted by Crippen LogP contribution is -2.36. The number of aliphatic carboxylic acids is 1. The summed E-state index contributed by atoms with van der Waals surface area (Å²) in [4.78, 5) is 53.0. The summed E-state index contributed by atoms with van der Waals surface area (Å²) >= 11 is 3.64. The van der Waals surface area contributed by atoms with Crippen molar-refractivity contribution in [2.24, 2.45) is 5.92 Å². The molecule has 0 aliphatic carbocycles. The van der Waals surface area contributed by atoms with Crippen LogP contribution in [0.4, 0.5) is 0 Å². The molecule has 4 rings (SSSR count). The van der Waals surface area contributed by atoms with Gasteiger partial charge in [0.15, 0.2) is 0 Å². The number of nitrogens with zero attached hydrogens (tertiary/aromatic N) is 1. The third-order valence-corrected chi connectivity index (χ3v) is 7.41. The number of hydrogen-bond acceptors (Lipinski definition) is 7. The van der Waals surface area contributed by atoms with Crippen LogP contribution in [0, 0.1) is 5.92 Å². The van der Waals surface area contributed by atoms with Gasteiger partial charge in [0, 0.05) is 15.7 Å². The Morgan fingerprint density at radius 3 is 2.75 bits per heavy atom. The van der Waals surface area contributed by atoms with Crippen LogP contribution in [0.3, 0.4) is 0 Å². The number of carboxylic acid groups (broad SMARTS) is 1. The molecule has 0 aromatic carbocycles. The summed E-state index contributed by atoms with van der Waals surface area (Å²) in [5, 5.41) is 10.7. The lowest BCUT2D eigenvalue weighted by Gasteiger charge is -2.28. The van der Waals surface area contributed by atoms with Gasteiger partial charge in [-0.05, 0) is 11.4 Å². The van der Waals surface area contributed by atoms with E-state index in [0.29, 0.717) is 5.03 Å². The van der Waals surface area contributed by atoms with Crippen LogP contribution in [-0.4, -0.2) is 44.6 Å². The summed E-state index contributed by atoms with van der Waals surface area (Å²) < 4.78 is 0. The van der Waals surface area contributed by atoms with Crippen molar-refractivity contribution in [3.63, 3.8) is 0 Å². The standard InChI is InChI=1S/C14H10N2O5S3/c17-6(18)4-16-12(19)8-7(5-2-1-3-22-5)9-11(15-14(21)24-9)23-10(8)13(16)20/h1-3,7-8,10H,4H2,(H,15,21)(H,17,18)/t7-,8+,10+/m0/s1. The number of aromatic nitrogens is 1. The van der Waals surface area contributed by atoms with Gasteiger partial charge in [-0.25, -0.2) is 0 Å². The summed E-state index contributed by atoms with van der Waals surface area (Å²) in [6.07, 6.45) is 0. The van der Waals surface area contributed by atoms with Crippen molar-refractivity contribution >= 4 is 52.2 Å². The quantitative estimate of drug-likeness (QED) is 0.772. The molecule has 1 saturated heterocycles. The van der Waals surface area contributed by atoms with Crippen LogP contribution in [-0.2, 0) is 14.4 Å². The minimum absolute atomic E-state index is 0.226. The van der Waals surface area contributed by atoms with Crippen molar-refractivity contribution in [3.8, 4) is 0 Å². The summed E-state index contributed by atoms with van der Waals surface area (Å²) in [5.41, 5.74) is 0. The van der Waals surface area contributed by atoms with Gasteiger partial charge in [-0.2, -0.15) is 0 Å². The molecule has 0 radical (unpaired) electrons. The molecule has 1 fully saturated rings. The number of fused-ring (bicyclic) bond motifs is 2. The molecule has 2 amide bonds. The number of thioether (sulfide) groups is 1. The first-order valence-corrected chi connectivity index (χ1v) is 9.55. The SMILES string of the molecule is O=C(O)CN1C(=O)[C@@H]2[C@H](c3cccs3)c3sc(=O)[nH]c3S[C@H]2C1=O. The van der Waals surface area contributed by atoms with E-state index in [0.717, 1.165) is 37.8 Å². The number of nitrogens with one attached hydrogen (secondary N) is 1. The van der Waals surface area contributed by atoms with Gasteiger partial charge in [0.05, 0.1) is 10.9 Å². The van der Waals surface area contributed by atoms with Gasteiger partial charge in [0.1, 0.15) is 11.8 Å². The second kappa shape index (κ2) is 5.57. The molecule has 2 aromatic rings. The van der Waals surface area contributed by atoms with Gasteiger partial charge in [0.2, 0.25) is 11.8 Å². The molecule has 0 spiro atoms. The zero-order valence-electron chi connectivity index (χ0n) is 11.9. The predicted octanol–water partition coefficient (Wildman–Crippen LogP) is 1.17. The minimum Gasteiger partial charge on any atom is -0.480 e. The molecule has 4 heterocycles. The summed E-state index contributed by atoms with van der Waals surface area (Å²) in [6.45, 7) is -0.632. The van der Waals surface area contributed by atoms with Crippen molar-refractivity contribution in [3.05, 3.63) is 36.9 Å². The zero-order chi connectivity index (χ0) is 17.0. The fraction of sp³-hybridized carbons (Fsp3) is 0.286. The number of carbonyl (C=O) groups excluding carboxylic acids is 2. The Hall–Kier alpha value is -1.91. The summed E-state index contributed by atoms with van der Waals surface area (Å²) in [6, 6.07) is 3.72. The highest BCUT2D eigenvalue weighted by atomic mass is 32.2. The van der Waals surface area contributed by atoms with E-state index in [1.807, 2.05) is 17.5 Å². The number of carbonyl (C=O) groups is 3. The molecule has 2 N–H and O–H groups in total. The molecule has 2 aliphatic rings. The van der Waals surface area contributed by atoms with Crippen LogP contribution in [0.1, 0.15) is 15.7 Å². The van der Waals surface area contributed by atoms with E-state index in [-0.39, 0.29) is 4.87 Å². The summed E-state index contributed by atoms with van der Waals surface area (Å²) in [7, 11) is 0. The number of likely N-dealkylation sites (tertiary alicyclic amines) is 1. The average Bonchev–Trinajstić information content (AvgIpc) is 3.21. The Balaban J connectivity index is 1.84. The number of aromatic amines is 1. The van der Waals surface area contributed by atoms with Crippen LogP contribution < -0.4 is 4.87 Å². The molecule has 0 unspecified atom stereocenters. The lowest BCUT2D eigenvalue weighted by atomic mass is 9.87. The van der Waals surface area contributed by atoms with Gasteiger partial charge in [0.25, 0.3) is 0 Å². The van der Waals surface area contributed by atoms with E-state index in [1.54, 1.807) is 0 Å². The van der Waals surface area contributed by atoms with Crippen molar-refractivity contribution in [2.45, 2.75) is 16.2 Å². The number of thiophene rings is 1. The second-order valence-electron chi connectivity index (χ2n) is 5.42. The van der Waals surface area contributed by atoms with Crippen LogP contribution in [0.2, 0.25) is 0 Å². The Morgan fingerprint density at radius 2 is 2.08 bits per heavy atom. The van der Waals surface area contributed by atoms with E-state index in [2.05, 4.69) is 4.98 Å². The normalized spacial score (nSPS) is 25.7. The first kappa shape index (κ1) is 15.6. The van der Waals surface area contributed by atoms with Gasteiger partial charge < -0.3 is 10.1 Å². The van der Waals surface area contributed by atoms with Crippen LogP contribution >= 0.6 is 34.4 Å². The number of amides is 2. The lowest BCUT2D eigenvalue weighted by molar-refractivity contribution is -0.149. The van der Waals surface area contributed by atoms with Crippen LogP contribution in [0.5, 0.6) is 0 Å². The Labute approximate surface area is 147 Å². The monoisotopic (exact) mass is 382 g/mol. The number of thiazole rings is 1. The number of carboxylic acids is 1. The van der Waals surface area contributed by atoms with Crippen molar-refractivity contribution < 1.29 is 19.5 Å². The highest BCUT2D eigenvalue weighted by Gasteiger charge is 2.56. The highest BCUT2D eigenvalue weighted by molar-refractivity contribution is 8.00. The van der Waals surface area contributed by atoms with E-state index in [1.165, 1.54) is 11.3 Å². The molecule has 24 heavy (non-hydrogen) atoms. The number of imide groups is 1. The molecule has 124 valence electrons. The smallest absolute Gasteiger partial charge is 0.323 e. The molecule has 2 aliphatic heterocycles. The fourth-order valence-electron chi connectivity index (χ4n) is 3.14. The van der Waals surface area contributed by atoms with Crippen molar-refractivity contribution in [1.29, 1.82) is 0 Å². The molecular weight excluding hydrogens is 372 g/mol. The summed E-state index contributed by atoms with van der Waals surface area (Å²) in [5.74, 6) is -3.29. The first-order chi connectivity index (χ1) is 11.5. The fourth-order valence-corrected chi connectivity index (χ4v) is 6.63. The minimum atomic E-state index is -1.23. The Bertz CT molecular complexity index is 900. The average molecular weight is 382 g/mol. The predicted molar refractivity (Wildman–Crippen MR) is 88.6 cm³/mol. The molecule has 0 saturated carbocycles. The maximum Gasteiger partial charge on any atom is 0.323 e. The highest BCUT2D eigenvalue weighted by Crippen LogP contribution is 2.53. The number of H-pyrrole nitrogens is 1. The van der Waals surface area contributed by atoms with Gasteiger partial charge >= 0.3 is 10.8 Å². The first-order valence-electron chi connectivity index (χ1n) is 6.97. The Morgan fingerprint density at radius 1 is 1.29 bits per heavy atom. The molecule has 3 atom stereocenters. The zero-order valence-corrected chi connectivity index (χ0v) is 14.4. The molecule has 0 bridgehead atoms. The number of rotatable bonds is 3. The number of hydrogen-bond donors (Lipinski definition) is 2. The second-order valence-corrected chi connectivity index (χ2v) is 8.57. The van der Waals surface area contributed by atoms with Gasteiger partial charge in [-0.15, -0.1) is 11.3 Å². The Kier molecular flexibility index (Phi) is 3.62. The van der Waals surface area contributed by atoms with E-state index in [4.69, 9.17) is 5.11 Å². The molecule has 10 heteroatoms. The third kappa shape index (κ3) is 2.25. The van der Waals surface area contributed by atoms with Crippen molar-refractivity contribution in [1.82, 2.24) is 9.88 Å². The third-order valence-electron chi connectivity index (χ3n) is 4.06. The molecule has 7 nitrogen and oxygen atoms in total. The van der Waals surface area contributed by atoms with Crippen molar-refractivity contribution in [2.75, 3.05) is 6.54 Å². The topological polar surface area (TPSA) is 108 Å². The van der Waals surface area contributed by atoms with Gasteiger partial charge in [-0.3, -0.25) is 24.1 Å². The van der Waals surface area contributed by atoms with E-state index >= 15 is 0 Å². The maximum absolute atomic E-state index is 12.8. The van der Waals surface area contributed by atoms with Crippen LogP contribution in [0.15, 0.2) is 27.3 Å². The largest absolute Gasteiger partial charge is 0.480 e. The maximum atomic E-state index is 12.8. The van der Waals surface area contributed by atoms with E-state index < -0.39 is 41.4 Å². The van der Waals surface area contributed by atoms with E-state index in [9.17, 15) is 19.2 Å². The molecule has 2 aromatic heterocycles. The molecular formula is C14H10N2O5S3.